The van der Waals surface area contributed by atoms with Gasteiger partial charge in [0.05, 0.1) is 16.7 Å². The Kier molecular flexibility index (Phi) is 8.44. The summed E-state index contributed by atoms with van der Waals surface area (Å²) in [6.07, 6.45) is 8.07. The summed E-state index contributed by atoms with van der Waals surface area (Å²) < 4.78 is 27.7. The van der Waals surface area contributed by atoms with Crippen molar-refractivity contribution in [1.29, 1.82) is 0 Å². The quantitative estimate of drug-likeness (QED) is 0.318. The third-order valence-electron chi connectivity index (χ3n) is 14.1. The van der Waals surface area contributed by atoms with Crippen LogP contribution in [0.2, 0.25) is 0 Å². The molecule has 2 aliphatic heterocycles. The average Bonchev–Trinajstić information content (AvgIpc) is 3.92. The summed E-state index contributed by atoms with van der Waals surface area (Å²) in [5.74, 6) is -2.45. The van der Waals surface area contributed by atoms with Gasteiger partial charge in [0.25, 0.3) is 0 Å². The van der Waals surface area contributed by atoms with E-state index in [2.05, 4.69) is 25.1 Å². The lowest BCUT2D eigenvalue weighted by Crippen LogP contribution is -2.49. The van der Waals surface area contributed by atoms with Gasteiger partial charge in [0.1, 0.15) is 5.78 Å². The minimum atomic E-state index is -3.80. The summed E-state index contributed by atoms with van der Waals surface area (Å²) >= 11 is 0. The number of piperidine rings is 1. The summed E-state index contributed by atoms with van der Waals surface area (Å²) in [6.45, 7) is 17.2. The van der Waals surface area contributed by atoms with Crippen molar-refractivity contribution in [3.8, 4) is 0 Å². The molecule has 0 aromatic rings. The van der Waals surface area contributed by atoms with Gasteiger partial charge in [-0.15, -0.1) is 6.58 Å². The Morgan fingerprint density at radius 1 is 0.979 bits per heavy atom. The molecule has 266 valence electrons. The van der Waals surface area contributed by atoms with Crippen molar-refractivity contribution < 1.29 is 32.4 Å². The number of amides is 3. The monoisotopic (exact) mass is 685 g/mol. The number of rotatable bonds is 11. The van der Waals surface area contributed by atoms with Gasteiger partial charge >= 0.3 is 0 Å². The number of sulfonamides is 1. The van der Waals surface area contributed by atoms with E-state index >= 15 is 0 Å². The van der Waals surface area contributed by atoms with Crippen LogP contribution in [0.3, 0.4) is 0 Å². The smallest absolute Gasteiger partial charge is 0.240 e. The Balaban J connectivity index is 1.27. The van der Waals surface area contributed by atoms with E-state index in [-0.39, 0.29) is 64.3 Å². The van der Waals surface area contributed by atoms with Crippen LogP contribution in [-0.4, -0.2) is 78.4 Å². The first-order valence-corrected chi connectivity index (χ1v) is 19.6. The number of likely N-dealkylation sites (tertiary alicyclic amines) is 2. The topological polar surface area (TPSA) is 138 Å². The summed E-state index contributed by atoms with van der Waals surface area (Å²) in [6, 6.07) is -0.754. The molecule has 1 N–H and O–H groups in total. The van der Waals surface area contributed by atoms with Crippen LogP contribution in [-0.2, 0) is 34.0 Å². The Labute approximate surface area is 286 Å². The molecule has 3 amide bonds. The largest absolute Gasteiger partial charge is 0.342 e. The molecule has 48 heavy (non-hydrogen) atoms. The van der Waals surface area contributed by atoms with Gasteiger partial charge < -0.3 is 9.80 Å². The zero-order valence-corrected chi connectivity index (χ0v) is 30.5. The maximum Gasteiger partial charge on any atom is 0.240 e. The molecule has 6 atom stereocenters. The molecular formula is C37H55N3O7S. The lowest BCUT2D eigenvalue weighted by Gasteiger charge is -2.37. The van der Waals surface area contributed by atoms with Gasteiger partial charge in [-0.05, 0) is 73.5 Å². The molecule has 10 nitrogen and oxygen atoms in total. The predicted molar refractivity (Wildman–Crippen MR) is 181 cm³/mol. The average molecular weight is 686 g/mol. The number of carbonyl (C=O) groups is 5. The summed E-state index contributed by atoms with van der Waals surface area (Å²) in [5, 5.41) is -0.565. The molecule has 11 heteroatoms. The fraction of sp³-hybridized carbons (Fsp3) is 0.811. The molecule has 0 bridgehead atoms. The number of hydrogen-bond acceptors (Lipinski definition) is 7. The molecule has 2 saturated heterocycles. The molecule has 2 heterocycles. The highest BCUT2D eigenvalue weighted by atomic mass is 32.2. The Bertz CT molecular complexity index is 1540. The number of nitrogens with one attached hydrogen (secondary N) is 1. The highest BCUT2D eigenvalue weighted by Gasteiger charge is 2.85. The third kappa shape index (κ3) is 5.39. The maximum atomic E-state index is 14.8. The van der Waals surface area contributed by atoms with Crippen LogP contribution in [0.5, 0.6) is 0 Å². The minimum Gasteiger partial charge on any atom is -0.342 e. The highest BCUT2D eigenvalue weighted by Crippen LogP contribution is 2.88. The maximum absolute atomic E-state index is 14.8. The Hall–Kier alpha value is -2.56. The second kappa shape index (κ2) is 11.5. The molecule has 6 aliphatic rings. The van der Waals surface area contributed by atoms with Crippen LogP contribution < -0.4 is 4.72 Å². The van der Waals surface area contributed by atoms with Crippen LogP contribution >= 0.6 is 0 Å². The second-order valence-electron chi connectivity index (χ2n) is 17.7. The van der Waals surface area contributed by atoms with E-state index in [0.29, 0.717) is 51.7 Å². The van der Waals surface area contributed by atoms with Crippen LogP contribution in [0, 0.1) is 44.8 Å². The predicted octanol–water partition coefficient (Wildman–Crippen LogP) is 4.42. The zero-order chi connectivity index (χ0) is 35.2. The number of hydrogen-bond donors (Lipinski definition) is 1. The molecule has 0 aromatic carbocycles. The van der Waals surface area contributed by atoms with Crippen LogP contribution in [0.15, 0.2) is 12.7 Å². The first-order valence-electron chi connectivity index (χ1n) is 18.1. The number of nitrogens with zero attached hydrogens (tertiary/aromatic N) is 2. The van der Waals surface area contributed by atoms with Crippen molar-refractivity contribution in [2.75, 3.05) is 19.6 Å². The fourth-order valence-electron chi connectivity index (χ4n) is 10.3. The highest BCUT2D eigenvalue weighted by molar-refractivity contribution is 7.90. The third-order valence-corrected chi connectivity index (χ3v) is 15.9. The van der Waals surface area contributed by atoms with Crippen molar-refractivity contribution in [3.63, 3.8) is 0 Å². The molecule has 4 aliphatic carbocycles. The van der Waals surface area contributed by atoms with Gasteiger partial charge in [0, 0.05) is 56.7 Å². The van der Waals surface area contributed by atoms with Gasteiger partial charge in [0.2, 0.25) is 27.7 Å². The van der Waals surface area contributed by atoms with E-state index in [0.717, 1.165) is 25.7 Å². The lowest BCUT2D eigenvalue weighted by molar-refractivity contribution is -0.147. The van der Waals surface area contributed by atoms with Crippen molar-refractivity contribution in [2.24, 2.45) is 44.8 Å². The van der Waals surface area contributed by atoms with E-state index in [4.69, 9.17) is 0 Å². The molecule has 6 rings (SSSR count). The van der Waals surface area contributed by atoms with Crippen molar-refractivity contribution >= 4 is 39.3 Å². The zero-order valence-electron chi connectivity index (χ0n) is 29.7. The first kappa shape index (κ1) is 35.3. The molecule has 4 saturated carbocycles. The molecule has 1 unspecified atom stereocenters. The molecular weight excluding hydrogens is 630 g/mol. The van der Waals surface area contributed by atoms with Gasteiger partial charge in [-0.1, -0.05) is 47.1 Å². The van der Waals surface area contributed by atoms with Crippen molar-refractivity contribution in [3.05, 3.63) is 12.7 Å². The van der Waals surface area contributed by atoms with Gasteiger partial charge in [0.15, 0.2) is 5.78 Å². The molecule has 6 fully saturated rings. The minimum absolute atomic E-state index is 0.0208. The lowest BCUT2D eigenvalue weighted by atomic mass is 9.73. The summed E-state index contributed by atoms with van der Waals surface area (Å²) in [5.41, 5.74) is -1.98. The van der Waals surface area contributed by atoms with E-state index in [1.165, 1.54) is 6.92 Å². The van der Waals surface area contributed by atoms with Gasteiger partial charge in [-0.3, -0.25) is 28.7 Å². The van der Waals surface area contributed by atoms with Gasteiger partial charge in [-0.25, -0.2) is 8.42 Å². The summed E-state index contributed by atoms with van der Waals surface area (Å²) in [4.78, 5) is 72.2. The molecule has 0 radical (unpaired) electrons. The van der Waals surface area contributed by atoms with Gasteiger partial charge in [-0.2, -0.15) is 0 Å². The SMILES string of the molecule is C=C[C@@H]1C[C@]1(CC(=O)[C@@H]1C[C@@]2(CN1C(=O)[C@@H](CC(=O)C1CCCN(C(C)=O)C1)C(C)(C)C)C(C)(C)C21CCC1)C(=O)NS(=O)(=O)C1CC1. The number of carbonyl (C=O) groups excluding carboxylic acids is 5. The number of ketones is 2. The second-order valence-corrected chi connectivity index (χ2v) is 19.7. The Morgan fingerprint density at radius 3 is 2.15 bits per heavy atom. The molecule has 0 aromatic heterocycles. The fourth-order valence-corrected chi connectivity index (χ4v) is 11.7. The van der Waals surface area contributed by atoms with E-state index < -0.39 is 44.0 Å². The number of fused-ring (bicyclic) bond motifs is 1. The molecule has 2 spiro atoms. The summed E-state index contributed by atoms with van der Waals surface area (Å²) in [7, 11) is -3.80. The first-order chi connectivity index (χ1) is 22.3. The van der Waals surface area contributed by atoms with E-state index in [1.807, 2.05) is 20.8 Å². The van der Waals surface area contributed by atoms with E-state index in [1.54, 1.807) is 15.9 Å². The Morgan fingerprint density at radius 2 is 1.65 bits per heavy atom. The van der Waals surface area contributed by atoms with Crippen LogP contribution in [0.4, 0.5) is 0 Å². The standard InChI is InChI=1S/C37H55N3O7S/c1-8-25-18-35(25,32(45)38-48(46,47)26-12-13-26)20-30(43)28-19-37(34(6,7)36(37)14-10-15-36)22-40(28)31(44)27(33(3,4)5)17-29(42)24-11-9-16-39(21-24)23(2)41/h8,24-28H,1,9-22H2,2-7H3,(H,38,45)/t24?,25-,27-,28+,35-,37-/m1/s1. The van der Waals surface area contributed by atoms with Crippen LogP contribution in [0.1, 0.15) is 112 Å². The van der Waals surface area contributed by atoms with E-state index in [9.17, 15) is 32.4 Å². The van der Waals surface area contributed by atoms with Crippen molar-refractivity contribution in [1.82, 2.24) is 14.5 Å². The number of Topliss-reactive ketones (excluding diaryl/α,β-unsaturated/α-hetero) is 2. The van der Waals surface area contributed by atoms with Crippen LogP contribution in [0.25, 0.3) is 0 Å². The normalized spacial score (nSPS) is 33.9. The number of allylic oxidation sites excluding steroid dienone is 1. The van der Waals surface area contributed by atoms with Crippen molar-refractivity contribution in [2.45, 2.75) is 123 Å².